The molecule has 0 saturated heterocycles. The maximum atomic E-state index is 12.4. The zero-order valence-electron chi connectivity index (χ0n) is 17.9. The molecule has 3 N–H and O–H groups in total. The van der Waals surface area contributed by atoms with Gasteiger partial charge in [0.05, 0.1) is 11.9 Å². The fraction of sp³-hybridized carbons (Fsp3) is 0.200. The smallest absolute Gasteiger partial charge is 0.411 e. The molecule has 0 spiro atoms. The van der Waals surface area contributed by atoms with Gasteiger partial charge in [-0.15, -0.1) is 0 Å². The molecule has 1 aliphatic carbocycles. The minimum atomic E-state index is -1.11. The second kappa shape index (κ2) is 9.52. The number of carboxylic acid groups (broad SMARTS) is 1. The van der Waals surface area contributed by atoms with Gasteiger partial charge in [-0.25, -0.2) is 14.6 Å². The zero-order chi connectivity index (χ0) is 23.4. The second-order valence-electron chi connectivity index (χ2n) is 7.66. The Kier molecular flexibility index (Phi) is 6.35. The summed E-state index contributed by atoms with van der Waals surface area (Å²) in [7, 11) is 0. The molecule has 1 aromatic heterocycles. The van der Waals surface area contributed by atoms with Gasteiger partial charge in [0, 0.05) is 5.92 Å². The van der Waals surface area contributed by atoms with Crippen LogP contribution in [0.5, 0.6) is 0 Å². The number of anilines is 1. The summed E-state index contributed by atoms with van der Waals surface area (Å²) in [6, 6.07) is 18.1. The SMILES string of the molecule is CC[C@@H](NC(=O)c1ccc(NC(=O)OCC2c3ccccc3-c3ccccc32)cn1)C(=O)O. The van der Waals surface area contributed by atoms with Gasteiger partial charge < -0.3 is 15.2 Å². The Hall–Kier alpha value is -4.20. The third-order valence-corrected chi connectivity index (χ3v) is 5.60. The topological polar surface area (TPSA) is 118 Å². The molecule has 0 aliphatic heterocycles. The third kappa shape index (κ3) is 4.69. The number of hydrogen-bond donors (Lipinski definition) is 3. The number of nitrogens with zero attached hydrogens (tertiary/aromatic N) is 1. The number of nitrogens with one attached hydrogen (secondary N) is 2. The van der Waals surface area contributed by atoms with Gasteiger partial charge in [0.1, 0.15) is 18.3 Å². The lowest BCUT2D eigenvalue weighted by Crippen LogP contribution is -2.40. The van der Waals surface area contributed by atoms with E-state index in [4.69, 9.17) is 9.84 Å². The van der Waals surface area contributed by atoms with Gasteiger partial charge in [0.25, 0.3) is 5.91 Å². The largest absolute Gasteiger partial charge is 0.480 e. The van der Waals surface area contributed by atoms with Crippen LogP contribution >= 0.6 is 0 Å². The van der Waals surface area contributed by atoms with Crippen LogP contribution in [0.25, 0.3) is 11.1 Å². The molecule has 0 unspecified atom stereocenters. The average Bonchev–Trinajstić information content (AvgIpc) is 3.15. The molecule has 2 aromatic carbocycles. The van der Waals surface area contributed by atoms with Crippen molar-refractivity contribution in [2.24, 2.45) is 0 Å². The average molecular weight is 445 g/mol. The summed E-state index contributed by atoms with van der Waals surface area (Å²) in [5, 5.41) is 14.1. The van der Waals surface area contributed by atoms with Gasteiger partial charge >= 0.3 is 12.1 Å². The van der Waals surface area contributed by atoms with Crippen LogP contribution in [0.1, 0.15) is 40.9 Å². The molecule has 2 amide bonds. The number of carbonyl (C=O) groups is 3. The van der Waals surface area contributed by atoms with Crippen molar-refractivity contribution in [3.8, 4) is 11.1 Å². The summed E-state index contributed by atoms with van der Waals surface area (Å²) in [4.78, 5) is 39.6. The van der Waals surface area contributed by atoms with Gasteiger partial charge in [0.2, 0.25) is 0 Å². The maximum Gasteiger partial charge on any atom is 0.411 e. The molecule has 8 heteroatoms. The molecule has 4 rings (SSSR count). The lowest BCUT2D eigenvalue weighted by atomic mass is 9.98. The van der Waals surface area contributed by atoms with E-state index >= 15 is 0 Å². The summed E-state index contributed by atoms with van der Waals surface area (Å²) in [5.41, 5.74) is 4.94. The molecular weight excluding hydrogens is 422 g/mol. The van der Waals surface area contributed by atoms with Crippen LogP contribution in [0.2, 0.25) is 0 Å². The van der Waals surface area contributed by atoms with E-state index < -0.39 is 24.0 Å². The second-order valence-corrected chi connectivity index (χ2v) is 7.66. The predicted octanol–water partition coefficient (Wildman–Crippen LogP) is 4.04. The Morgan fingerprint density at radius 2 is 1.64 bits per heavy atom. The van der Waals surface area contributed by atoms with E-state index in [-0.39, 0.29) is 24.6 Å². The quantitative estimate of drug-likeness (QED) is 0.505. The minimum absolute atomic E-state index is 0.0481. The van der Waals surface area contributed by atoms with E-state index in [1.165, 1.54) is 18.3 Å². The first-order valence-electron chi connectivity index (χ1n) is 10.6. The molecule has 0 bridgehead atoms. The number of fused-ring (bicyclic) bond motifs is 3. The van der Waals surface area contributed by atoms with Crippen LogP contribution in [0, 0.1) is 0 Å². The van der Waals surface area contributed by atoms with Gasteiger partial charge in [-0.1, -0.05) is 55.5 Å². The first kappa shape index (κ1) is 22.0. The van der Waals surface area contributed by atoms with E-state index in [0.29, 0.717) is 5.69 Å². The molecule has 1 aliphatic rings. The maximum absolute atomic E-state index is 12.4. The first-order valence-corrected chi connectivity index (χ1v) is 10.6. The van der Waals surface area contributed by atoms with Crippen molar-refractivity contribution in [3.63, 3.8) is 0 Å². The highest BCUT2D eigenvalue weighted by atomic mass is 16.5. The minimum Gasteiger partial charge on any atom is -0.480 e. The van der Waals surface area contributed by atoms with Gasteiger partial charge in [-0.05, 0) is 40.8 Å². The molecule has 8 nitrogen and oxygen atoms in total. The number of rotatable bonds is 7. The van der Waals surface area contributed by atoms with E-state index in [9.17, 15) is 14.4 Å². The van der Waals surface area contributed by atoms with Gasteiger partial charge in [0.15, 0.2) is 0 Å². The predicted molar refractivity (Wildman–Crippen MR) is 122 cm³/mol. The number of aliphatic carboxylic acids is 1. The highest BCUT2D eigenvalue weighted by molar-refractivity contribution is 5.95. The zero-order valence-corrected chi connectivity index (χ0v) is 17.9. The van der Waals surface area contributed by atoms with Crippen molar-refractivity contribution in [2.75, 3.05) is 11.9 Å². The van der Waals surface area contributed by atoms with Crippen LogP contribution in [0.4, 0.5) is 10.5 Å². The molecular formula is C25H23N3O5. The highest BCUT2D eigenvalue weighted by Crippen LogP contribution is 2.44. The molecule has 0 radical (unpaired) electrons. The van der Waals surface area contributed by atoms with E-state index in [1.54, 1.807) is 6.92 Å². The Bertz CT molecular complexity index is 1150. The molecule has 0 fully saturated rings. The van der Waals surface area contributed by atoms with Crippen molar-refractivity contribution in [3.05, 3.63) is 83.7 Å². The molecule has 1 atom stereocenters. The lowest BCUT2D eigenvalue weighted by Gasteiger charge is -2.15. The molecule has 3 aromatic rings. The summed E-state index contributed by atoms with van der Waals surface area (Å²) >= 11 is 0. The number of amides is 2. The molecule has 0 saturated carbocycles. The Morgan fingerprint density at radius 1 is 1.00 bits per heavy atom. The number of carboxylic acids is 1. The fourth-order valence-electron chi connectivity index (χ4n) is 3.93. The van der Waals surface area contributed by atoms with Crippen LogP contribution in [-0.4, -0.2) is 40.7 Å². The number of hydrogen-bond acceptors (Lipinski definition) is 5. The number of ether oxygens (including phenoxy) is 1. The van der Waals surface area contributed by atoms with Crippen molar-refractivity contribution >= 4 is 23.7 Å². The van der Waals surface area contributed by atoms with E-state index in [2.05, 4.69) is 27.8 Å². The molecule has 168 valence electrons. The van der Waals surface area contributed by atoms with Crippen molar-refractivity contribution in [1.29, 1.82) is 0 Å². The number of benzene rings is 2. The van der Waals surface area contributed by atoms with Gasteiger partial charge in [-0.3, -0.25) is 10.1 Å². The number of carbonyl (C=O) groups excluding carboxylic acids is 2. The third-order valence-electron chi connectivity index (χ3n) is 5.60. The van der Waals surface area contributed by atoms with Crippen LogP contribution in [0.3, 0.4) is 0 Å². The summed E-state index contributed by atoms with van der Waals surface area (Å²) in [5.74, 6) is -1.76. The van der Waals surface area contributed by atoms with Gasteiger partial charge in [-0.2, -0.15) is 0 Å². The van der Waals surface area contributed by atoms with E-state index in [1.807, 2.05) is 36.4 Å². The summed E-state index contributed by atoms with van der Waals surface area (Å²) < 4.78 is 5.49. The first-order chi connectivity index (χ1) is 16.0. The van der Waals surface area contributed by atoms with Crippen LogP contribution in [-0.2, 0) is 9.53 Å². The Labute approximate surface area is 190 Å². The number of aromatic nitrogens is 1. The highest BCUT2D eigenvalue weighted by Gasteiger charge is 2.29. The van der Waals surface area contributed by atoms with Crippen LogP contribution in [0.15, 0.2) is 66.9 Å². The normalized spacial score (nSPS) is 12.9. The standard InChI is InChI=1S/C25H23N3O5/c1-2-21(24(30)31)28-23(29)22-12-11-15(13-26-22)27-25(32)33-14-20-18-9-5-3-7-16(18)17-8-4-6-10-19(17)20/h3-13,20-21H,2,14H2,1H3,(H,27,32)(H,28,29)(H,30,31)/t21-/m1/s1. The lowest BCUT2D eigenvalue weighted by molar-refractivity contribution is -0.139. The van der Waals surface area contributed by atoms with Crippen molar-refractivity contribution in [1.82, 2.24) is 10.3 Å². The van der Waals surface area contributed by atoms with Crippen LogP contribution < -0.4 is 10.6 Å². The summed E-state index contributed by atoms with van der Waals surface area (Å²) in [6.45, 7) is 1.84. The monoisotopic (exact) mass is 445 g/mol. The molecule has 1 heterocycles. The Morgan fingerprint density at radius 3 is 2.18 bits per heavy atom. The van der Waals surface area contributed by atoms with E-state index in [0.717, 1.165) is 22.3 Å². The Balaban J connectivity index is 1.36. The fourth-order valence-corrected chi connectivity index (χ4v) is 3.93. The van der Waals surface area contributed by atoms with Crippen molar-refractivity contribution in [2.45, 2.75) is 25.3 Å². The summed E-state index contributed by atoms with van der Waals surface area (Å²) in [6.07, 6.45) is 0.938. The van der Waals surface area contributed by atoms with Crippen molar-refractivity contribution < 1.29 is 24.2 Å². The number of pyridine rings is 1. The molecule has 33 heavy (non-hydrogen) atoms.